The number of carboxylic acid groups (broad SMARTS) is 1. The number of hydrogen-bond acceptors (Lipinski definition) is 4. The maximum atomic E-state index is 12.3. The lowest BCUT2D eigenvalue weighted by molar-refractivity contribution is -0.137. The molecule has 1 aromatic carbocycles. The Bertz CT molecular complexity index is 725. The highest BCUT2D eigenvalue weighted by molar-refractivity contribution is 7.90. The molecular formula is C18H27NO5S. The molecule has 25 heavy (non-hydrogen) atoms. The zero-order chi connectivity index (χ0) is 19.0. The van der Waals surface area contributed by atoms with Gasteiger partial charge in [-0.05, 0) is 49.9 Å². The largest absolute Gasteiger partial charge is 0.481 e. The number of hydrogen-bond donors (Lipinski definition) is 2. The number of carboxylic acids is 1. The molecule has 0 unspecified atom stereocenters. The highest BCUT2D eigenvalue weighted by atomic mass is 32.2. The smallest absolute Gasteiger partial charge is 0.303 e. The number of aryl methyl sites for hydroxylation is 1. The molecule has 7 heteroatoms. The van der Waals surface area contributed by atoms with Gasteiger partial charge in [-0.15, -0.1) is 0 Å². The third-order valence-corrected chi connectivity index (χ3v) is 5.26. The highest BCUT2D eigenvalue weighted by Crippen LogP contribution is 2.20. The van der Waals surface area contributed by atoms with Gasteiger partial charge in [-0.25, -0.2) is 8.42 Å². The lowest BCUT2D eigenvalue weighted by Crippen LogP contribution is -2.25. The number of sulfone groups is 1. The Kier molecular flexibility index (Phi) is 8.09. The molecule has 0 fully saturated rings. The van der Waals surface area contributed by atoms with Crippen LogP contribution in [0.1, 0.15) is 60.0 Å². The van der Waals surface area contributed by atoms with E-state index in [1.54, 1.807) is 19.9 Å². The Hall–Kier alpha value is -1.89. The Balaban J connectivity index is 2.50. The lowest BCUT2D eigenvalue weighted by atomic mass is 10.0. The first-order chi connectivity index (χ1) is 11.6. The number of unbranched alkanes of at least 4 members (excludes halogenated alkanes) is 4. The maximum absolute atomic E-state index is 12.3. The summed E-state index contributed by atoms with van der Waals surface area (Å²) in [7, 11) is -3.36. The summed E-state index contributed by atoms with van der Waals surface area (Å²) in [5.74, 6) is -1.04. The second kappa shape index (κ2) is 9.56. The van der Waals surface area contributed by atoms with Gasteiger partial charge in [0.15, 0.2) is 9.84 Å². The first-order valence-electron chi connectivity index (χ1n) is 8.44. The minimum absolute atomic E-state index is 0.152. The SMILES string of the molecule is Cc1cc(S(C)(=O)=O)cc(C(=O)NCCCCCCCC(=O)O)c1C. The van der Waals surface area contributed by atoms with E-state index in [1.165, 1.54) is 6.07 Å². The average molecular weight is 369 g/mol. The van der Waals surface area contributed by atoms with Gasteiger partial charge in [0.2, 0.25) is 0 Å². The fourth-order valence-corrected chi connectivity index (χ4v) is 3.23. The van der Waals surface area contributed by atoms with E-state index in [9.17, 15) is 18.0 Å². The van der Waals surface area contributed by atoms with E-state index in [2.05, 4.69) is 5.32 Å². The van der Waals surface area contributed by atoms with Crippen LogP contribution in [0.2, 0.25) is 0 Å². The van der Waals surface area contributed by atoms with Crippen LogP contribution >= 0.6 is 0 Å². The molecule has 0 aromatic heterocycles. The van der Waals surface area contributed by atoms with Crippen molar-refractivity contribution >= 4 is 21.7 Å². The number of carbonyl (C=O) groups is 2. The molecule has 0 aliphatic heterocycles. The Morgan fingerprint density at radius 3 is 2.24 bits per heavy atom. The van der Waals surface area contributed by atoms with Crippen LogP contribution in [0.5, 0.6) is 0 Å². The second-order valence-electron chi connectivity index (χ2n) is 6.35. The predicted molar refractivity (Wildman–Crippen MR) is 96.7 cm³/mol. The van der Waals surface area contributed by atoms with Gasteiger partial charge in [0.05, 0.1) is 4.90 Å². The van der Waals surface area contributed by atoms with Crippen molar-refractivity contribution in [3.63, 3.8) is 0 Å². The summed E-state index contributed by atoms with van der Waals surface area (Å²) in [5.41, 5.74) is 1.94. The van der Waals surface area contributed by atoms with Crippen LogP contribution < -0.4 is 5.32 Å². The quantitative estimate of drug-likeness (QED) is 0.618. The van der Waals surface area contributed by atoms with Crippen molar-refractivity contribution in [2.75, 3.05) is 12.8 Å². The van der Waals surface area contributed by atoms with Crippen molar-refractivity contribution in [3.05, 3.63) is 28.8 Å². The van der Waals surface area contributed by atoms with Crippen molar-refractivity contribution in [2.45, 2.75) is 57.3 Å². The molecule has 0 saturated carbocycles. The molecule has 0 saturated heterocycles. The van der Waals surface area contributed by atoms with E-state index in [4.69, 9.17) is 5.11 Å². The first-order valence-corrected chi connectivity index (χ1v) is 10.3. The van der Waals surface area contributed by atoms with Crippen molar-refractivity contribution in [1.29, 1.82) is 0 Å². The summed E-state index contributed by atoms with van der Waals surface area (Å²) in [6, 6.07) is 3.01. The second-order valence-corrected chi connectivity index (χ2v) is 8.37. The molecule has 0 radical (unpaired) electrons. The van der Waals surface area contributed by atoms with Crippen LogP contribution in [0, 0.1) is 13.8 Å². The van der Waals surface area contributed by atoms with Crippen LogP contribution in [0.25, 0.3) is 0 Å². The maximum Gasteiger partial charge on any atom is 0.303 e. The number of aliphatic carboxylic acids is 1. The van der Waals surface area contributed by atoms with E-state index in [0.29, 0.717) is 18.5 Å². The van der Waals surface area contributed by atoms with Gasteiger partial charge in [-0.3, -0.25) is 9.59 Å². The number of amides is 1. The molecule has 1 aromatic rings. The molecule has 0 spiro atoms. The molecule has 140 valence electrons. The summed E-state index contributed by atoms with van der Waals surface area (Å²) >= 11 is 0. The Labute approximate surface area is 149 Å². The topological polar surface area (TPSA) is 101 Å². The molecule has 0 heterocycles. The van der Waals surface area contributed by atoms with E-state index in [1.807, 2.05) is 0 Å². The minimum Gasteiger partial charge on any atom is -0.481 e. The third kappa shape index (κ3) is 7.25. The van der Waals surface area contributed by atoms with Crippen LogP contribution in [0.15, 0.2) is 17.0 Å². The molecule has 0 aliphatic carbocycles. The Morgan fingerprint density at radius 2 is 1.64 bits per heavy atom. The highest BCUT2D eigenvalue weighted by Gasteiger charge is 2.16. The summed E-state index contributed by atoms with van der Waals surface area (Å²) < 4.78 is 23.5. The first kappa shape index (κ1) is 21.2. The van der Waals surface area contributed by atoms with E-state index in [-0.39, 0.29) is 17.2 Å². The zero-order valence-corrected chi connectivity index (χ0v) is 15.9. The molecule has 0 bridgehead atoms. The van der Waals surface area contributed by atoms with Crippen LogP contribution in [0.3, 0.4) is 0 Å². The third-order valence-electron chi connectivity index (χ3n) is 4.17. The molecule has 1 rings (SSSR count). The lowest BCUT2D eigenvalue weighted by Gasteiger charge is -2.12. The van der Waals surface area contributed by atoms with Crippen molar-refractivity contribution < 1.29 is 23.1 Å². The summed E-state index contributed by atoms with van der Waals surface area (Å²) in [6.45, 7) is 4.11. The van der Waals surface area contributed by atoms with E-state index in [0.717, 1.165) is 43.1 Å². The number of carbonyl (C=O) groups excluding carboxylic acids is 1. The van der Waals surface area contributed by atoms with Crippen LogP contribution in [-0.2, 0) is 14.6 Å². The zero-order valence-electron chi connectivity index (χ0n) is 15.1. The summed E-state index contributed by atoms with van der Waals surface area (Å²) in [6.07, 6.45) is 5.54. The number of benzene rings is 1. The average Bonchev–Trinajstić information content (AvgIpc) is 2.50. The van der Waals surface area contributed by atoms with Gasteiger partial charge in [0, 0.05) is 24.8 Å². The number of nitrogens with one attached hydrogen (secondary N) is 1. The standard InChI is InChI=1S/C18H27NO5S/c1-13-11-15(25(3,23)24)12-16(14(13)2)18(22)19-10-8-6-4-5-7-9-17(20)21/h11-12H,4-10H2,1-3H3,(H,19,22)(H,20,21). The molecular weight excluding hydrogens is 342 g/mol. The predicted octanol–water partition coefficient (Wildman–Crippen LogP) is 2.86. The number of rotatable bonds is 10. The van der Waals surface area contributed by atoms with Crippen LogP contribution in [-0.4, -0.2) is 38.2 Å². The van der Waals surface area contributed by atoms with Crippen LogP contribution in [0.4, 0.5) is 0 Å². The fourth-order valence-electron chi connectivity index (χ4n) is 2.50. The minimum atomic E-state index is -3.36. The van der Waals surface area contributed by atoms with Crippen molar-refractivity contribution in [1.82, 2.24) is 5.32 Å². The monoisotopic (exact) mass is 369 g/mol. The normalized spacial score (nSPS) is 11.3. The molecule has 1 amide bonds. The van der Waals surface area contributed by atoms with E-state index >= 15 is 0 Å². The van der Waals surface area contributed by atoms with Gasteiger partial charge >= 0.3 is 5.97 Å². The van der Waals surface area contributed by atoms with Crippen molar-refractivity contribution in [3.8, 4) is 0 Å². The van der Waals surface area contributed by atoms with Gasteiger partial charge < -0.3 is 10.4 Å². The van der Waals surface area contributed by atoms with Gasteiger partial charge in [-0.1, -0.05) is 19.3 Å². The van der Waals surface area contributed by atoms with Gasteiger partial charge in [0.1, 0.15) is 0 Å². The van der Waals surface area contributed by atoms with Gasteiger partial charge in [0.25, 0.3) is 5.91 Å². The van der Waals surface area contributed by atoms with Gasteiger partial charge in [-0.2, -0.15) is 0 Å². The molecule has 6 nitrogen and oxygen atoms in total. The fraction of sp³-hybridized carbons (Fsp3) is 0.556. The van der Waals surface area contributed by atoms with Crippen molar-refractivity contribution in [2.24, 2.45) is 0 Å². The molecule has 2 N–H and O–H groups in total. The molecule has 0 aliphatic rings. The molecule has 0 atom stereocenters. The summed E-state index contributed by atoms with van der Waals surface area (Å²) in [4.78, 5) is 22.9. The van der Waals surface area contributed by atoms with E-state index < -0.39 is 15.8 Å². The Morgan fingerprint density at radius 1 is 1.04 bits per heavy atom. The summed E-state index contributed by atoms with van der Waals surface area (Å²) in [5, 5.41) is 11.4.